The first-order valence-electron chi connectivity index (χ1n) is 7.28. The van der Waals surface area contributed by atoms with Gasteiger partial charge >= 0.3 is 5.97 Å². The second kappa shape index (κ2) is 7.46. The zero-order valence-corrected chi connectivity index (χ0v) is 14.6. The van der Waals surface area contributed by atoms with Crippen molar-refractivity contribution in [3.63, 3.8) is 0 Å². The van der Waals surface area contributed by atoms with Crippen LogP contribution in [0.15, 0.2) is 39.2 Å². The molecule has 0 unspecified atom stereocenters. The lowest BCUT2D eigenvalue weighted by Gasteiger charge is -2.15. The monoisotopic (exact) mass is 379 g/mol. The highest BCUT2D eigenvalue weighted by Crippen LogP contribution is 2.18. The average molecular weight is 380 g/mol. The summed E-state index contributed by atoms with van der Waals surface area (Å²) in [4.78, 5) is 25.0. The molecule has 0 aliphatic rings. The highest BCUT2D eigenvalue weighted by Gasteiger charge is 2.22. The first kappa shape index (κ1) is 17.3. The zero-order valence-electron chi connectivity index (χ0n) is 13.0. The number of aryl methyl sites for hydroxylation is 1. The highest BCUT2D eigenvalue weighted by atomic mass is 79.9. The summed E-state index contributed by atoms with van der Waals surface area (Å²) in [5.41, 5.74) is 1.17. The standard InChI is InChI=1S/C17H18BrNO4/c1-3-14-13(17(21)22)10-15(23-14)16(20)19(2)9-8-11-4-6-12(18)7-5-11/h4-7,10H,3,8-9H2,1-2H3,(H,21,22). The van der Waals surface area contributed by atoms with Gasteiger partial charge in [0.1, 0.15) is 11.3 Å². The summed E-state index contributed by atoms with van der Waals surface area (Å²) in [7, 11) is 1.68. The molecule has 0 radical (unpaired) electrons. The van der Waals surface area contributed by atoms with Gasteiger partial charge in [-0.15, -0.1) is 0 Å². The number of carboxylic acids is 1. The summed E-state index contributed by atoms with van der Waals surface area (Å²) >= 11 is 3.38. The van der Waals surface area contributed by atoms with Crippen LogP contribution in [0.3, 0.4) is 0 Å². The first-order valence-corrected chi connectivity index (χ1v) is 8.07. The van der Waals surface area contributed by atoms with E-state index < -0.39 is 5.97 Å². The Labute approximate surface area is 143 Å². The number of hydrogen-bond acceptors (Lipinski definition) is 3. The maximum Gasteiger partial charge on any atom is 0.339 e. The average Bonchev–Trinajstić information content (AvgIpc) is 2.98. The third kappa shape index (κ3) is 4.22. The van der Waals surface area contributed by atoms with Gasteiger partial charge in [0.2, 0.25) is 0 Å². The van der Waals surface area contributed by atoms with E-state index in [0.29, 0.717) is 25.1 Å². The van der Waals surface area contributed by atoms with Crippen molar-refractivity contribution in [1.82, 2.24) is 4.90 Å². The molecule has 6 heteroatoms. The van der Waals surface area contributed by atoms with E-state index in [-0.39, 0.29) is 17.2 Å². The van der Waals surface area contributed by atoms with Crippen LogP contribution < -0.4 is 0 Å². The molecule has 0 atom stereocenters. The van der Waals surface area contributed by atoms with Gasteiger partial charge in [0.05, 0.1) is 0 Å². The van der Waals surface area contributed by atoms with Crippen LogP contribution in [0.5, 0.6) is 0 Å². The summed E-state index contributed by atoms with van der Waals surface area (Å²) in [5, 5.41) is 9.12. The molecule has 1 amide bonds. The van der Waals surface area contributed by atoms with Crippen LogP contribution in [-0.4, -0.2) is 35.5 Å². The number of amides is 1. The molecule has 2 aromatic rings. The van der Waals surface area contributed by atoms with Gasteiger partial charge < -0.3 is 14.4 Å². The molecule has 0 aliphatic carbocycles. The minimum atomic E-state index is -1.08. The van der Waals surface area contributed by atoms with E-state index in [4.69, 9.17) is 9.52 Å². The molecule has 0 aliphatic heterocycles. The third-order valence-corrected chi connectivity index (χ3v) is 4.10. The Kier molecular flexibility index (Phi) is 5.60. The second-order valence-electron chi connectivity index (χ2n) is 5.21. The van der Waals surface area contributed by atoms with Crippen molar-refractivity contribution in [2.75, 3.05) is 13.6 Å². The summed E-state index contributed by atoms with van der Waals surface area (Å²) in [5.74, 6) is -1.01. The Morgan fingerprint density at radius 2 is 1.91 bits per heavy atom. The van der Waals surface area contributed by atoms with E-state index in [1.165, 1.54) is 11.0 Å². The van der Waals surface area contributed by atoms with Gasteiger partial charge in [-0.05, 0) is 24.1 Å². The van der Waals surface area contributed by atoms with Gasteiger partial charge in [0, 0.05) is 30.6 Å². The van der Waals surface area contributed by atoms with Crippen LogP contribution in [0.4, 0.5) is 0 Å². The maximum absolute atomic E-state index is 12.4. The predicted molar refractivity (Wildman–Crippen MR) is 89.9 cm³/mol. The topological polar surface area (TPSA) is 70.8 Å². The van der Waals surface area contributed by atoms with Crippen LogP contribution >= 0.6 is 15.9 Å². The van der Waals surface area contributed by atoms with Crippen LogP contribution in [0.25, 0.3) is 0 Å². The van der Waals surface area contributed by atoms with Crippen LogP contribution in [0.1, 0.15) is 39.2 Å². The molecular weight excluding hydrogens is 362 g/mol. The SMILES string of the molecule is CCc1oc(C(=O)N(C)CCc2ccc(Br)cc2)cc1C(=O)O. The van der Waals surface area contributed by atoms with E-state index in [9.17, 15) is 9.59 Å². The quantitative estimate of drug-likeness (QED) is 0.831. The Bertz CT molecular complexity index is 706. The number of benzene rings is 1. The van der Waals surface area contributed by atoms with E-state index in [2.05, 4.69) is 15.9 Å². The van der Waals surface area contributed by atoms with Gasteiger partial charge in [0.15, 0.2) is 5.76 Å². The lowest BCUT2D eigenvalue weighted by atomic mass is 10.1. The third-order valence-electron chi connectivity index (χ3n) is 3.57. The number of hydrogen-bond donors (Lipinski definition) is 1. The fourth-order valence-corrected chi connectivity index (χ4v) is 2.48. The van der Waals surface area contributed by atoms with Gasteiger partial charge in [0.25, 0.3) is 5.91 Å². The molecule has 122 valence electrons. The fourth-order valence-electron chi connectivity index (χ4n) is 2.22. The van der Waals surface area contributed by atoms with E-state index in [1.54, 1.807) is 14.0 Å². The lowest BCUT2D eigenvalue weighted by Crippen LogP contribution is -2.28. The molecule has 0 saturated carbocycles. The minimum absolute atomic E-state index is 0.0529. The normalized spacial score (nSPS) is 10.6. The Balaban J connectivity index is 2.04. The highest BCUT2D eigenvalue weighted by molar-refractivity contribution is 9.10. The summed E-state index contributed by atoms with van der Waals surface area (Å²) in [6.07, 6.45) is 1.14. The molecule has 1 N–H and O–H groups in total. The molecule has 0 bridgehead atoms. The molecule has 1 aromatic heterocycles. The molecule has 23 heavy (non-hydrogen) atoms. The molecule has 1 aromatic carbocycles. The maximum atomic E-state index is 12.4. The van der Waals surface area contributed by atoms with Gasteiger partial charge in [-0.25, -0.2) is 4.79 Å². The number of carbonyl (C=O) groups is 2. The Morgan fingerprint density at radius 3 is 2.43 bits per heavy atom. The summed E-state index contributed by atoms with van der Waals surface area (Å²) in [6, 6.07) is 9.20. The number of carbonyl (C=O) groups excluding carboxylic acids is 1. The Morgan fingerprint density at radius 1 is 1.26 bits per heavy atom. The lowest BCUT2D eigenvalue weighted by molar-refractivity contribution is 0.0693. The van der Waals surface area contributed by atoms with Gasteiger partial charge in [-0.2, -0.15) is 0 Å². The zero-order chi connectivity index (χ0) is 17.0. The van der Waals surface area contributed by atoms with E-state index in [0.717, 1.165) is 10.0 Å². The fraction of sp³-hybridized carbons (Fsp3) is 0.294. The van der Waals surface area contributed by atoms with Gasteiger partial charge in [-0.3, -0.25) is 4.79 Å². The Hall–Kier alpha value is -2.08. The van der Waals surface area contributed by atoms with Crippen molar-refractivity contribution in [2.45, 2.75) is 19.8 Å². The molecule has 1 heterocycles. The largest absolute Gasteiger partial charge is 0.478 e. The number of aromatic carboxylic acids is 1. The number of nitrogens with zero attached hydrogens (tertiary/aromatic N) is 1. The first-order chi connectivity index (χ1) is 10.9. The number of furan rings is 1. The van der Waals surface area contributed by atoms with Crippen LogP contribution in [0.2, 0.25) is 0 Å². The van der Waals surface area contributed by atoms with Crippen molar-refractivity contribution in [3.05, 3.63) is 57.5 Å². The molecule has 0 spiro atoms. The number of likely N-dealkylation sites (N-methyl/N-ethyl adjacent to an activating group) is 1. The predicted octanol–water partition coefficient (Wildman–Crippen LogP) is 3.62. The van der Waals surface area contributed by atoms with Crippen molar-refractivity contribution < 1.29 is 19.1 Å². The molecule has 2 rings (SSSR count). The van der Waals surface area contributed by atoms with Crippen molar-refractivity contribution in [3.8, 4) is 0 Å². The van der Waals surface area contributed by atoms with E-state index in [1.807, 2.05) is 24.3 Å². The molecule has 0 fully saturated rings. The number of carboxylic acid groups (broad SMARTS) is 1. The van der Waals surface area contributed by atoms with Crippen LogP contribution in [0, 0.1) is 0 Å². The van der Waals surface area contributed by atoms with Crippen LogP contribution in [-0.2, 0) is 12.8 Å². The minimum Gasteiger partial charge on any atom is -0.478 e. The summed E-state index contributed by atoms with van der Waals surface area (Å²) in [6.45, 7) is 2.31. The number of halogens is 1. The summed E-state index contributed by atoms with van der Waals surface area (Å²) < 4.78 is 6.41. The second-order valence-corrected chi connectivity index (χ2v) is 6.13. The molecule has 5 nitrogen and oxygen atoms in total. The van der Waals surface area contributed by atoms with Crippen molar-refractivity contribution >= 4 is 27.8 Å². The molecular formula is C17H18BrNO4. The van der Waals surface area contributed by atoms with Crippen molar-refractivity contribution in [2.24, 2.45) is 0 Å². The van der Waals surface area contributed by atoms with Crippen molar-refractivity contribution in [1.29, 1.82) is 0 Å². The van der Waals surface area contributed by atoms with E-state index >= 15 is 0 Å². The molecule has 0 saturated heterocycles. The van der Waals surface area contributed by atoms with Gasteiger partial charge in [-0.1, -0.05) is 35.0 Å². The number of rotatable bonds is 6. The smallest absolute Gasteiger partial charge is 0.339 e.